The first-order chi connectivity index (χ1) is 13.7. The number of aliphatic hydroxyl groups excluding tert-OH is 1. The van der Waals surface area contributed by atoms with Crippen LogP contribution in [0.4, 0.5) is 5.13 Å². The molecule has 1 unspecified atom stereocenters. The Balaban J connectivity index is 1.23. The van der Waals surface area contributed by atoms with Crippen LogP contribution in [0, 0.1) is 6.54 Å². The molecule has 0 bridgehead atoms. The normalized spacial score (nSPS) is 16.4. The van der Waals surface area contributed by atoms with Gasteiger partial charge in [-0.05, 0) is 42.7 Å². The van der Waals surface area contributed by atoms with E-state index in [1.165, 1.54) is 10.3 Å². The van der Waals surface area contributed by atoms with E-state index in [0.29, 0.717) is 6.54 Å². The quantitative estimate of drug-likeness (QED) is 0.661. The number of hydrogen-bond donors (Lipinski definition) is 1. The molecule has 3 aromatic rings. The molecule has 0 aliphatic carbocycles. The number of aryl methyl sites for hydroxylation is 1. The Morgan fingerprint density at radius 2 is 1.96 bits per heavy atom. The topological polar surface area (TPSA) is 48.8 Å². The lowest BCUT2D eigenvalue weighted by molar-refractivity contribution is 0.106. The van der Waals surface area contributed by atoms with Gasteiger partial charge in [0.15, 0.2) is 5.13 Å². The van der Waals surface area contributed by atoms with E-state index in [4.69, 9.17) is 9.72 Å². The van der Waals surface area contributed by atoms with Gasteiger partial charge in [0, 0.05) is 26.2 Å². The molecule has 1 saturated heterocycles. The molecule has 2 aromatic carbocycles. The Kier molecular flexibility index (Phi) is 6.10. The van der Waals surface area contributed by atoms with Gasteiger partial charge in [-0.3, -0.25) is 4.90 Å². The molecule has 28 heavy (non-hydrogen) atoms. The van der Waals surface area contributed by atoms with Gasteiger partial charge >= 0.3 is 0 Å². The van der Waals surface area contributed by atoms with E-state index < -0.39 is 0 Å². The number of rotatable bonds is 7. The van der Waals surface area contributed by atoms with Crippen LogP contribution in [-0.2, 0) is 6.42 Å². The van der Waals surface area contributed by atoms with Crippen LogP contribution in [-0.4, -0.2) is 54.4 Å². The van der Waals surface area contributed by atoms with Crippen molar-refractivity contribution in [1.82, 2.24) is 9.88 Å². The highest BCUT2D eigenvalue weighted by Gasteiger charge is 2.21. The van der Waals surface area contributed by atoms with Crippen molar-refractivity contribution in [2.24, 2.45) is 0 Å². The maximum atomic E-state index is 10.4. The second-order valence-corrected chi connectivity index (χ2v) is 8.15. The summed E-state index contributed by atoms with van der Waals surface area (Å²) < 4.78 is 6.41. The lowest BCUT2D eigenvalue weighted by atomic mass is 10.1. The Bertz CT molecular complexity index is 855. The second kappa shape index (κ2) is 8.90. The Morgan fingerprint density at radius 1 is 1.14 bits per heavy atom. The smallest absolute Gasteiger partial charge is 0.186 e. The number of piperazine rings is 1. The Morgan fingerprint density at radius 3 is 2.68 bits per heavy atom. The minimum absolute atomic E-state index is 0.315. The van der Waals surface area contributed by atoms with Crippen molar-refractivity contribution >= 4 is 26.7 Å². The zero-order chi connectivity index (χ0) is 19.3. The van der Waals surface area contributed by atoms with Crippen LogP contribution in [0.1, 0.15) is 12.0 Å². The predicted molar refractivity (Wildman–Crippen MR) is 115 cm³/mol. The molecular weight excluding hydrogens is 370 g/mol. The first-order valence-corrected chi connectivity index (χ1v) is 10.5. The molecule has 147 valence electrons. The van der Waals surface area contributed by atoms with Gasteiger partial charge in [-0.2, -0.15) is 0 Å². The fraction of sp³-hybridized carbons (Fsp3) is 0.364. The number of para-hydroxylation sites is 1. The van der Waals surface area contributed by atoms with Crippen molar-refractivity contribution in [1.29, 1.82) is 0 Å². The number of anilines is 1. The molecule has 5 nitrogen and oxygen atoms in total. The Hall–Kier alpha value is -2.15. The number of thiazole rings is 1. The van der Waals surface area contributed by atoms with Gasteiger partial charge in [0.1, 0.15) is 5.75 Å². The summed E-state index contributed by atoms with van der Waals surface area (Å²) in [7, 11) is 1.67. The number of β-amino-alcohol motifs (C(OH)–C–C–N with tert-alkyl or cyclic N) is 1. The van der Waals surface area contributed by atoms with E-state index in [9.17, 15) is 5.11 Å². The lowest BCUT2D eigenvalue weighted by Crippen LogP contribution is -2.46. The summed E-state index contributed by atoms with van der Waals surface area (Å²) in [6.45, 7) is 5.59. The fourth-order valence-electron chi connectivity index (χ4n) is 3.48. The van der Waals surface area contributed by atoms with Gasteiger partial charge in [0.05, 0.1) is 30.0 Å². The molecule has 1 aliphatic rings. The van der Waals surface area contributed by atoms with Crippen molar-refractivity contribution in [2.45, 2.75) is 18.9 Å². The number of ether oxygens (including phenoxy) is 1. The highest BCUT2D eigenvalue weighted by molar-refractivity contribution is 7.22. The highest BCUT2D eigenvalue weighted by Crippen LogP contribution is 2.30. The second-order valence-electron chi connectivity index (χ2n) is 7.14. The van der Waals surface area contributed by atoms with Crippen molar-refractivity contribution in [3.05, 3.63) is 60.6 Å². The molecule has 0 saturated carbocycles. The van der Waals surface area contributed by atoms with Crippen LogP contribution in [0.15, 0.2) is 48.5 Å². The van der Waals surface area contributed by atoms with Crippen molar-refractivity contribution in [3.8, 4) is 5.75 Å². The number of methoxy groups -OCH3 is 1. The summed E-state index contributed by atoms with van der Waals surface area (Å²) >= 11 is 1.73. The van der Waals surface area contributed by atoms with Crippen LogP contribution < -0.4 is 9.64 Å². The third-order valence-corrected chi connectivity index (χ3v) is 6.21. The van der Waals surface area contributed by atoms with Crippen molar-refractivity contribution < 1.29 is 9.84 Å². The van der Waals surface area contributed by atoms with Gasteiger partial charge in [-0.1, -0.05) is 35.6 Å². The maximum absolute atomic E-state index is 10.4. The Labute approximate surface area is 170 Å². The summed E-state index contributed by atoms with van der Waals surface area (Å²) in [5.41, 5.74) is 2.29. The van der Waals surface area contributed by atoms with E-state index in [2.05, 4.69) is 46.7 Å². The van der Waals surface area contributed by atoms with Crippen LogP contribution >= 0.6 is 11.3 Å². The third kappa shape index (κ3) is 4.63. The third-order valence-electron chi connectivity index (χ3n) is 5.14. The standard InChI is InChI=1S/C22H26N3O2S/c1-27-19-10-7-17(8-11-19)6-9-18(26)16-24-12-14-25(15-13-24)22-23-20-4-2-3-5-21(20)28-22/h2-5,7-8,10-11,14,18,26H,6,9,12-13,15-16H2,1H3. The summed E-state index contributed by atoms with van der Waals surface area (Å²) in [5, 5.41) is 11.5. The number of aromatic nitrogens is 1. The fourth-order valence-corrected chi connectivity index (χ4v) is 4.47. The van der Waals surface area contributed by atoms with E-state index in [-0.39, 0.29) is 6.10 Å². The van der Waals surface area contributed by atoms with E-state index in [0.717, 1.165) is 48.9 Å². The minimum atomic E-state index is -0.315. The minimum Gasteiger partial charge on any atom is -0.497 e. The van der Waals surface area contributed by atoms with E-state index >= 15 is 0 Å². The molecule has 1 atom stereocenters. The average Bonchev–Trinajstić information content (AvgIpc) is 3.17. The average molecular weight is 397 g/mol. The molecule has 1 fully saturated rings. The predicted octanol–water partition coefficient (Wildman–Crippen LogP) is 3.58. The van der Waals surface area contributed by atoms with Crippen molar-refractivity contribution in [3.63, 3.8) is 0 Å². The zero-order valence-electron chi connectivity index (χ0n) is 16.1. The van der Waals surface area contributed by atoms with Gasteiger partial charge in [0.2, 0.25) is 0 Å². The van der Waals surface area contributed by atoms with Crippen molar-refractivity contribution in [2.75, 3.05) is 38.2 Å². The van der Waals surface area contributed by atoms with E-state index in [1.54, 1.807) is 18.4 Å². The molecular formula is C22H26N3O2S. The van der Waals surface area contributed by atoms with Crippen LogP contribution in [0.5, 0.6) is 5.75 Å². The van der Waals surface area contributed by atoms with Gasteiger partial charge < -0.3 is 14.7 Å². The zero-order valence-corrected chi connectivity index (χ0v) is 16.9. The number of hydrogen-bond acceptors (Lipinski definition) is 6. The largest absolute Gasteiger partial charge is 0.497 e. The monoisotopic (exact) mass is 396 g/mol. The number of nitrogens with zero attached hydrogens (tertiary/aromatic N) is 3. The van der Waals surface area contributed by atoms with Gasteiger partial charge in [-0.15, -0.1) is 0 Å². The molecule has 1 aliphatic heterocycles. The van der Waals surface area contributed by atoms with Crippen LogP contribution in [0.2, 0.25) is 0 Å². The SMILES string of the molecule is COc1ccc(CCC(O)CN2C[CH]N(c3nc4ccccc4s3)CC2)cc1. The first kappa shape index (κ1) is 19.2. The van der Waals surface area contributed by atoms with E-state index in [1.807, 2.05) is 18.2 Å². The van der Waals surface area contributed by atoms with Crippen LogP contribution in [0.3, 0.4) is 0 Å². The molecule has 6 heteroatoms. The molecule has 4 rings (SSSR count). The maximum Gasteiger partial charge on any atom is 0.186 e. The van der Waals surface area contributed by atoms with Gasteiger partial charge in [0.25, 0.3) is 0 Å². The van der Waals surface area contributed by atoms with Gasteiger partial charge in [-0.25, -0.2) is 4.98 Å². The van der Waals surface area contributed by atoms with Crippen LogP contribution in [0.25, 0.3) is 10.2 Å². The summed E-state index contributed by atoms with van der Waals surface area (Å²) in [6, 6.07) is 16.3. The molecule has 1 aromatic heterocycles. The molecule has 1 N–H and O–H groups in total. The molecule has 1 radical (unpaired) electrons. The lowest BCUT2D eigenvalue weighted by Gasteiger charge is -2.35. The number of aliphatic hydroxyl groups is 1. The summed E-state index contributed by atoms with van der Waals surface area (Å²) in [5.74, 6) is 0.867. The number of benzene rings is 2. The molecule has 0 amide bonds. The summed E-state index contributed by atoms with van der Waals surface area (Å²) in [6.07, 6.45) is 1.33. The summed E-state index contributed by atoms with van der Waals surface area (Å²) in [4.78, 5) is 9.28. The first-order valence-electron chi connectivity index (χ1n) is 9.70. The molecule has 0 spiro atoms. The highest BCUT2D eigenvalue weighted by atomic mass is 32.1. The molecule has 2 heterocycles. The number of fused-ring (bicyclic) bond motifs is 1.